The summed E-state index contributed by atoms with van der Waals surface area (Å²) in [6.07, 6.45) is 2.85. The maximum Gasteiger partial charge on any atom is 0.299 e. The summed E-state index contributed by atoms with van der Waals surface area (Å²) in [5, 5.41) is 10.4. The molecule has 1 aromatic heterocycles. The Labute approximate surface area is 84.4 Å². The molecule has 1 heterocycles. The molecule has 0 saturated heterocycles. The van der Waals surface area contributed by atoms with Gasteiger partial charge in [0, 0.05) is 12.4 Å². The molecule has 1 aromatic rings. The summed E-state index contributed by atoms with van der Waals surface area (Å²) < 4.78 is 0.941. The summed E-state index contributed by atoms with van der Waals surface area (Å²) in [6, 6.07) is 0. The van der Waals surface area contributed by atoms with E-state index in [4.69, 9.17) is 0 Å². The SMILES string of the molecule is O=[N+]([O-])c1c(Br)cncc1I. The van der Waals surface area contributed by atoms with E-state index in [1.54, 1.807) is 0 Å². The first-order valence-corrected chi connectivity index (χ1v) is 4.43. The second-order valence-electron chi connectivity index (χ2n) is 1.71. The van der Waals surface area contributed by atoms with Gasteiger partial charge in [-0.2, -0.15) is 0 Å². The minimum atomic E-state index is -0.437. The molecule has 6 heteroatoms. The maximum absolute atomic E-state index is 10.4. The lowest BCUT2D eigenvalue weighted by Gasteiger charge is -1.95. The molecule has 0 radical (unpaired) electrons. The van der Waals surface area contributed by atoms with Gasteiger partial charge in [0.1, 0.15) is 8.04 Å². The second-order valence-corrected chi connectivity index (χ2v) is 3.73. The van der Waals surface area contributed by atoms with Crippen LogP contribution in [0.2, 0.25) is 0 Å². The summed E-state index contributed by atoms with van der Waals surface area (Å²) in [5.74, 6) is 0. The molecular formula is C5H2BrIN2O2. The molecule has 0 bridgehead atoms. The van der Waals surface area contributed by atoms with Gasteiger partial charge < -0.3 is 0 Å². The Bertz CT molecular complexity index is 284. The molecule has 0 spiro atoms. The third-order valence-corrected chi connectivity index (χ3v) is 2.38. The third kappa shape index (κ3) is 1.86. The van der Waals surface area contributed by atoms with Crippen LogP contribution >= 0.6 is 38.5 Å². The van der Waals surface area contributed by atoms with E-state index in [0.29, 0.717) is 8.04 Å². The van der Waals surface area contributed by atoms with Crippen molar-refractivity contribution in [1.82, 2.24) is 4.98 Å². The number of hydrogen-bond acceptors (Lipinski definition) is 3. The van der Waals surface area contributed by atoms with Gasteiger partial charge in [-0.25, -0.2) is 0 Å². The highest BCUT2D eigenvalue weighted by molar-refractivity contribution is 14.1. The lowest BCUT2D eigenvalue weighted by atomic mass is 10.4. The van der Waals surface area contributed by atoms with Crippen molar-refractivity contribution in [3.05, 3.63) is 30.6 Å². The highest BCUT2D eigenvalue weighted by atomic mass is 127. The fourth-order valence-electron chi connectivity index (χ4n) is 0.579. The molecule has 0 amide bonds. The summed E-state index contributed by atoms with van der Waals surface area (Å²) in [4.78, 5) is 13.7. The highest BCUT2D eigenvalue weighted by Crippen LogP contribution is 2.27. The zero-order valence-corrected chi connectivity index (χ0v) is 8.87. The highest BCUT2D eigenvalue weighted by Gasteiger charge is 2.15. The van der Waals surface area contributed by atoms with Gasteiger partial charge in [-0.1, -0.05) is 0 Å². The van der Waals surface area contributed by atoms with E-state index >= 15 is 0 Å². The molecule has 4 nitrogen and oxygen atoms in total. The van der Waals surface area contributed by atoms with Crippen LogP contribution in [0, 0.1) is 13.7 Å². The van der Waals surface area contributed by atoms with Gasteiger partial charge >= 0.3 is 0 Å². The van der Waals surface area contributed by atoms with E-state index in [9.17, 15) is 10.1 Å². The van der Waals surface area contributed by atoms with E-state index in [0.717, 1.165) is 0 Å². The van der Waals surface area contributed by atoms with Gasteiger partial charge in [0.15, 0.2) is 0 Å². The first-order valence-electron chi connectivity index (χ1n) is 2.56. The number of halogens is 2. The van der Waals surface area contributed by atoms with Gasteiger partial charge in [0.05, 0.1) is 4.92 Å². The van der Waals surface area contributed by atoms with Crippen LogP contribution in [0.4, 0.5) is 5.69 Å². The first kappa shape index (κ1) is 8.85. The van der Waals surface area contributed by atoms with Crippen LogP contribution in [-0.4, -0.2) is 9.91 Å². The molecule has 0 aliphatic rings. The average molecular weight is 329 g/mol. The van der Waals surface area contributed by atoms with Crippen LogP contribution in [0.3, 0.4) is 0 Å². The molecule has 11 heavy (non-hydrogen) atoms. The molecule has 0 aliphatic carbocycles. The second kappa shape index (κ2) is 3.44. The Morgan fingerprint density at radius 2 is 2.27 bits per heavy atom. The van der Waals surface area contributed by atoms with Crippen molar-refractivity contribution in [3.8, 4) is 0 Å². The van der Waals surface area contributed by atoms with Crippen LogP contribution in [0.15, 0.2) is 16.9 Å². The number of hydrogen-bond donors (Lipinski definition) is 0. The number of pyridine rings is 1. The molecule has 0 unspecified atom stereocenters. The van der Waals surface area contributed by atoms with Crippen LogP contribution < -0.4 is 0 Å². The largest absolute Gasteiger partial charge is 0.299 e. The van der Waals surface area contributed by atoms with E-state index in [1.165, 1.54) is 12.4 Å². The topological polar surface area (TPSA) is 56.0 Å². The Hall–Kier alpha value is -0.240. The zero-order valence-electron chi connectivity index (χ0n) is 5.12. The van der Waals surface area contributed by atoms with E-state index in [1.807, 2.05) is 22.6 Å². The molecule has 1 rings (SSSR count). The van der Waals surface area contributed by atoms with Crippen molar-refractivity contribution in [3.63, 3.8) is 0 Å². The van der Waals surface area contributed by atoms with Gasteiger partial charge in [0.25, 0.3) is 5.69 Å². The lowest BCUT2D eigenvalue weighted by Crippen LogP contribution is -1.93. The summed E-state index contributed by atoms with van der Waals surface area (Å²) in [6.45, 7) is 0. The minimum Gasteiger partial charge on any atom is -0.262 e. The third-order valence-electron chi connectivity index (χ3n) is 1.01. The van der Waals surface area contributed by atoms with Gasteiger partial charge in [-0.15, -0.1) is 0 Å². The first-order chi connectivity index (χ1) is 5.13. The Morgan fingerprint density at radius 1 is 1.64 bits per heavy atom. The van der Waals surface area contributed by atoms with Gasteiger partial charge in [-0.3, -0.25) is 15.1 Å². The van der Waals surface area contributed by atoms with Gasteiger partial charge in [0.2, 0.25) is 0 Å². The van der Waals surface area contributed by atoms with Crippen molar-refractivity contribution in [1.29, 1.82) is 0 Å². The molecule has 0 N–H and O–H groups in total. The summed E-state index contributed by atoms with van der Waals surface area (Å²) in [5.41, 5.74) is 0.0700. The van der Waals surface area contributed by atoms with Crippen LogP contribution in [0.1, 0.15) is 0 Å². The molecule has 0 fully saturated rings. The normalized spacial score (nSPS) is 9.64. The van der Waals surface area contributed by atoms with Crippen molar-refractivity contribution < 1.29 is 4.92 Å². The molecule has 0 aromatic carbocycles. The number of nitro groups is 1. The van der Waals surface area contributed by atoms with Crippen molar-refractivity contribution in [2.75, 3.05) is 0 Å². The van der Waals surface area contributed by atoms with Crippen LogP contribution in [0.5, 0.6) is 0 Å². The smallest absolute Gasteiger partial charge is 0.262 e. The Balaban J connectivity index is 3.32. The van der Waals surface area contributed by atoms with Crippen molar-refractivity contribution >= 4 is 44.2 Å². The van der Waals surface area contributed by atoms with Gasteiger partial charge in [-0.05, 0) is 38.5 Å². The van der Waals surface area contributed by atoms with E-state index < -0.39 is 4.92 Å². The monoisotopic (exact) mass is 328 g/mol. The summed E-state index contributed by atoms with van der Waals surface area (Å²) in [7, 11) is 0. The van der Waals surface area contributed by atoms with Crippen molar-refractivity contribution in [2.45, 2.75) is 0 Å². The maximum atomic E-state index is 10.4. The fraction of sp³-hybridized carbons (Fsp3) is 0. The zero-order chi connectivity index (χ0) is 8.43. The predicted octanol–water partition coefficient (Wildman–Crippen LogP) is 2.36. The summed E-state index contributed by atoms with van der Waals surface area (Å²) >= 11 is 4.91. The molecule has 58 valence electrons. The van der Waals surface area contributed by atoms with E-state index in [2.05, 4.69) is 20.9 Å². The van der Waals surface area contributed by atoms with E-state index in [-0.39, 0.29) is 5.69 Å². The fourth-order valence-corrected chi connectivity index (χ4v) is 2.07. The standard InChI is InChI=1S/C5H2BrIN2O2/c6-3-1-8-2-4(7)5(3)9(10)11/h1-2H. The number of rotatable bonds is 1. The lowest BCUT2D eigenvalue weighted by molar-refractivity contribution is -0.386. The molecule has 0 saturated carbocycles. The molecular weight excluding hydrogens is 327 g/mol. The van der Waals surface area contributed by atoms with Crippen LogP contribution in [0.25, 0.3) is 0 Å². The quantitative estimate of drug-likeness (QED) is 0.452. The Morgan fingerprint density at radius 3 is 2.64 bits per heavy atom. The molecule has 0 atom stereocenters. The average Bonchev–Trinajstić information content (AvgIpc) is 1.85. The molecule has 0 aliphatic heterocycles. The van der Waals surface area contributed by atoms with Crippen LogP contribution in [-0.2, 0) is 0 Å². The minimum absolute atomic E-state index is 0.0700. The van der Waals surface area contributed by atoms with Crippen molar-refractivity contribution in [2.24, 2.45) is 0 Å². The Kier molecular flexibility index (Phi) is 2.77. The predicted molar refractivity (Wildman–Crippen MR) is 51.3 cm³/mol. The number of nitrogens with zero attached hydrogens (tertiary/aromatic N) is 2. The number of aromatic nitrogens is 1.